The summed E-state index contributed by atoms with van der Waals surface area (Å²) in [5.41, 5.74) is 0. The summed E-state index contributed by atoms with van der Waals surface area (Å²) in [7, 11) is 0. The van der Waals surface area contributed by atoms with Crippen LogP contribution in [0.1, 0.15) is 25.7 Å². The van der Waals surface area contributed by atoms with E-state index >= 15 is 0 Å². The zero-order valence-corrected chi connectivity index (χ0v) is 8.51. The molecule has 0 aliphatic heterocycles. The summed E-state index contributed by atoms with van der Waals surface area (Å²) < 4.78 is 0. The van der Waals surface area contributed by atoms with E-state index < -0.39 is 6.09 Å². The average Bonchev–Trinajstić information content (AvgIpc) is 2.05. The van der Waals surface area contributed by atoms with Crippen LogP contribution in [0.25, 0.3) is 0 Å². The smallest absolute Gasteiger partial charge is 0.404 e. The van der Waals surface area contributed by atoms with Gasteiger partial charge in [-0.05, 0) is 31.6 Å². The fraction of sp³-hybridized carbons (Fsp3) is 0.875. The Balaban J connectivity index is 2.21. The van der Waals surface area contributed by atoms with E-state index in [1.165, 1.54) is 0 Å². The number of amides is 1. The molecule has 1 saturated carbocycles. The van der Waals surface area contributed by atoms with Crippen LogP contribution >= 0.6 is 15.9 Å². The van der Waals surface area contributed by atoms with Crippen molar-refractivity contribution < 1.29 is 9.90 Å². The van der Waals surface area contributed by atoms with Gasteiger partial charge in [0.1, 0.15) is 0 Å². The van der Waals surface area contributed by atoms with Crippen molar-refractivity contribution in [1.29, 1.82) is 0 Å². The number of hydrogen-bond donors (Lipinski definition) is 2. The van der Waals surface area contributed by atoms with Gasteiger partial charge in [0.05, 0.1) is 0 Å². The largest absolute Gasteiger partial charge is 0.465 e. The minimum absolute atomic E-state index is 0.192. The third-order valence-electron chi connectivity index (χ3n) is 2.39. The van der Waals surface area contributed by atoms with E-state index in [-0.39, 0.29) is 6.04 Å². The molecular formula is C8H14BrNO2. The zero-order valence-electron chi connectivity index (χ0n) is 6.92. The van der Waals surface area contributed by atoms with E-state index in [2.05, 4.69) is 21.2 Å². The number of rotatable bonds is 2. The maximum atomic E-state index is 10.3. The number of hydrogen-bond acceptors (Lipinski definition) is 1. The number of halogens is 1. The predicted molar refractivity (Wildman–Crippen MR) is 50.7 cm³/mol. The van der Waals surface area contributed by atoms with Crippen LogP contribution < -0.4 is 5.32 Å². The molecule has 0 heterocycles. The van der Waals surface area contributed by atoms with Gasteiger partial charge in [-0.1, -0.05) is 15.9 Å². The summed E-state index contributed by atoms with van der Waals surface area (Å²) in [4.78, 5) is 10.3. The molecule has 0 bridgehead atoms. The van der Waals surface area contributed by atoms with Gasteiger partial charge in [-0.3, -0.25) is 0 Å². The second kappa shape index (κ2) is 4.70. The van der Waals surface area contributed by atoms with Crippen LogP contribution in [0.15, 0.2) is 0 Å². The third kappa shape index (κ3) is 3.01. The molecule has 1 amide bonds. The number of nitrogens with one attached hydrogen (secondary N) is 1. The van der Waals surface area contributed by atoms with Crippen molar-refractivity contribution >= 4 is 22.0 Å². The molecule has 0 saturated heterocycles. The Hall–Kier alpha value is -0.250. The molecule has 1 aliphatic carbocycles. The fourth-order valence-electron chi connectivity index (χ4n) is 1.64. The fourth-order valence-corrected chi connectivity index (χ4v) is 2.28. The van der Waals surface area contributed by atoms with E-state index in [1.54, 1.807) is 0 Å². The molecule has 0 aromatic carbocycles. The topological polar surface area (TPSA) is 49.3 Å². The molecule has 4 heteroatoms. The van der Waals surface area contributed by atoms with E-state index in [1.807, 2.05) is 0 Å². The first-order valence-corrected chi connectivity index (χ1v) is 5.40. The normalized spacial score (nSPS) is 29.8. The molecule has 0 aromatic heterocycles. The van der Waals surface area contributed by atoms with Gasteiger partial charge >= 0.3 is 6.09 Å². The first-order valence-electron chi connectivity index (χ1n) is 4.27. The van der Waals surface area contributed by atoms with Gasteiger partial charge in [-0.2, -0.15) is 0 Å². The molecule has 1 fully saturated rings. The molecular weight excluding hydrogens is 222 g/mol. The molecule has 0 aromatic rings. The molecule has 3 nitrogen and oxygen atoms in total. The maximum absolute atomic E-state index is 10.3. The lowest BCUT2D eigenvalue weighted by molar-refractivity contribution is 0.183. The van der Waals surface area contributed by atoms with Gasteiger partial charge in [0.2, 0.25) is 0 Å². The van der Waals surface area contributed by atoms with E-state index in [0.29, 0.717) is 0 Å². The quantitative estimate of drug-likeness (QED) is 0.722. The lowest BCUT2D eigenvalue weighted by Crippen LogP contribution is -2.36. The lowest BCUT2D eigenvalue weighted by atomic mass is 9.87. The molecule has 0 radical (unpaired) electrons. The highest BCUT2D eigenvalue weighted by atomic mass is 79.9. The molecule has 1 aliphatic rings. The zero-order chi connectivity index (χ0) is 8.97. The summed E-state index contributed by atoms with van der Waals surface area (Å²) >= 11 is 3.44. The molecule has 0 atom stereocenters. The Kier molecular flexibility index (Phi) is 3.85. The molecule has 0 unspecified atom stereocenters. The first-order chi connectivity index (χ1) is 5.72. The van der Waals surface area contributed by atoms with E-state index in [4.69, 9.17) is 5.11 Å². The second-order valence-electron chi connectivity index (χ2n) is 3.32. The van der Waals surface area contributed by atoms with Crippen molar-refractivity contribution in [3.8, 4) is 0 Å². The van der Waals surface area contributed by atoms with Crippen LogP contribution in [-0.4, -0.2) is 22.6 Å². The average molecular weight is 236 g/mol. The van der Waals surface area contributed by atoms with Crippen LogP contribution in [0, 0.1) is 5.92 Å². The molecule has 12 heavy (non-hydrogen) atoms. The van der Waals surface area contributed by atoms with Crippen LogP contribution in [0.5, 0.6) is 0 Å². The van der Waals surface area contributed by atoms with Crippen molar-refractivity contribution in [3.05, 3.63) is 0 Å². The van der Waals surface area contributed by atoms with Gasteiger partial charge in [-0.25, -0.2) is 4.79 Å². The summed E-state index contributed by atoms with van der Waals surface area (Å²) in [5.74, 6) is 0.747. The van der Waals surface area contributed by atoms with Crippen LogP contribution in [0.3, 0.4) is 0 Å². The summed E-state index contributed by atoms with van der Waals surface area (Å²) in [6.07, 6.45) is 3.36. The lowest BCUT2D eigenvalue weighted by Gasteiger charge is -2.26. The maximum Gasteiger partial charge on any atom is 0.404 e. The highest BCUT2D eigenvalue weighted by Crippen LogP contribution is 2.25. The van der Waals surface area contributed by atoms with Crippen LogP contribution in [0.4, 0.5) is 4.79 Å². The van der Waals surface area contributed by atoms with E-state index in [9.17, 15) is 4.79 Å². The molecule has 1 rings (SSSR count). The Labute approximate surface area is 80.7 Å². The van der Waals surface area contributed by atoms with E-state index in [0.717, 1.165) is 36.9 Å². The van der Waals surface area contributed by atoms with Gasteiger partial charge in [0, 0.05) is 11.4 Å². The molecule has 2 N–H and O–H groups in total. The Morgan fingerprint density at radius 1 is 1.42 bits per heavy atom. The Morgan fingerprint density at radius 3 is 2.42 bits per heavy atom. The minimum Gasteiger partial charge on any atom is -0.465 e. The monoisotopic (exact) mass is 235 g/mol. The summed E-state index contributed by atoms with van der Waals surface area (Å²) in [5, 5.41) is 12.0. The number of carbonyl (C=O) groups is 1. The Bertz CT molecular complexity index is 155. The molecule has 70 valence electrons. The Morgan fingerprint density at radius 2 is 2.00 bits per heavy atom. The van der Waals surface area contributed by atoms with Gasteiger partial charge in [0.25, 0.3) is 0 Å². The van der Waals surface area contributed by atoms with Crippen LogP contribution in [0.2, 0.25) is 0 Å². The van der Waals surface area contributed by atoms with Gasteiger partial charge in [-0.15, -0.1) is 0 Å². The number of alkyl halides is 1. The predicted octanol–water partition coefficient (Wildman–Crippen LogP) is 2.21. The molecule has 0 spiro atoms. The van der Waals surface area contributed by atoms with Crippen molar-refractivity contribution in [2.45, 2.75) is 31.7 Å². The SMILES string of the molecule is O=C(O)N[C@H]1CC[C@H](CBr)CC1. The number of carboxylic acid groups (broad SMARTS) is 1. The standard InChI is InChI=1S/C8H14BrNO2/c9-5-6-1-3-7(4-2-6)10-8(11)12/h6-7,10H,1-5H2,(H,11,12)/t6-,7-. The van der Waals surface area contributed by atoms with Crippen LogP contribution in [-0.2, 0) is 0 Å². The second-order valence-corrected chi connectivity index (χ2v) is 3.97. The van der Waals surface area contributed by atoms with Crippen molar-refractivity contribution in [1.82, 2.24) is 5.32 Å². The highest BCUT2D eigenvalue weighted by Gasteiger charge is 2.20. The van der Waals surface area contributed by atoms with Crippen molar-refractivity contribution in [3.63, 3.8) is 0 Å². The highest BCUT2D eigenvalue weighted by molar-refractivity contribution is 9.09. The van der Waals surface area contributed by atoms with Gasteiger partial charge < -0.3 is 10.4 Å². The summed E-state index contributed by atoms with van der Waals surface area (Å²) in [6, 6.07) is 0.192. The van der Waals surface area contributed by atoms with Crippen molar-refractivity contribution in [2.24, 2.45) is 5.92 Å². The third-order valence-corrected chi connectivity index (χ3v) is 3.31. The van der Waals surface area contributed by atoms with Gasteiger partial charge in [0.15, 0.2) is 0 Å². The first kappa shape index (κ1) is 9.84. The van der Waals surface area contributed by atoms with Crippen molar-refractivity contribution in [2.75, 3.05) is 5.33 Å². The summed E-state index contributed by atoms with van der Waals surface area (Å²) in [6.45, 7) is 0. The minimum atomic E-state index is -0.891.